The lowest BCUT2D eigenvalue weighted by atomic mass is 9.80. The van der Waals surface area contributed by atoms with Gasteiger partial charge in [-0.25, -0.2) is 0 Å². The van der Waals surface area contributed by atoms with Gasteiger partial charge in [-0.3, -0.25) is 9.97 Å². The number of fused-ring (bicyclic) bond motifs is 1. The maximum absolute atomic E-state index is 5.41. The Bertz CT molecular complexity index is 741. The molecule has 4 N–H and O–H groups in total. The molecule has 0 aromatic carbocycles. The molecule has 3 rings (SSSR count). The summed E-state index contributed by atoms with van der Waals surface area (Å²) in [6.45, 7) is 2.05. The minimum atomic E-state index is -0.0402. The van der Waals surface area contributed by atoms with Crippen LogP contribution in [0.1, 0.15) is 34.7 Å². The summed E-state index contributed by atoms with van der Waals surface area (Å²) in [6.07, 6.45) is 7.10. The zero-order valence-corrected chi connectivity index (χ0v) is 14.8. The van der Waals surface area contributed by atoms with Crippen molar-refractivity contribution in [1.82, 2.24) is 9.97 Å². The molecule has 1 atom stereocenters. The van der Waals surface area contributed by atoms with Crippen LogP contribution in [0.5, 0.6) is 0 Å². The van der Waals surface area contributed by atoms with Crippen LogP contribution in [0, 0.1) is 6.92 Å². The molecule has 1 unspecified atom stereocenters. The van der Waals surface area contributed by atoms with Gasteiger partial charge in [0.15, 0.2) is 0 Å². The van der Waals surface area contributed by atoms with Crippen LogP contribution in [0.4, 0.5) is 0 Å². The van der Waals surface area contributed by atoms with Crippen molar-refractivity contribution in [2.24, 2.45) is 21.7 Å². The first-order valence-electron chi connectivity index (χ1n) is 7.15. The van der Waals surface area contributed by atoms with E-state index in [1.165, 1.54) is 5.56 Å². The number of aromatic nitrogens is 2. The quantitative estimate of drug-likeness (QED) is 0.483. The van der Waals surface area contributed by atoms with Gasteiger partial charge in [0.1, 0.15) is 0 Å². The Labute approximate surface area is 153 Å². The van der Waals surface area contributed by atoms with Gasteiger partial charge in [-0.15, -0.1) is 29.9 Å². The molecule has 2 aromatic heterocycles. The van der Waals surface area contributed by atoms with Crippen LogP contribution in [0.25, 0.3) is 0 Å². The predicted octanol–water partition coefficient (Wildman–Crippen LogP) is 2.34. The maximum Gasteiger partial charge on any atom is 0.211 e. The molecule has 1 aliphatic rings. The van der Waals surface area contributed by atoms with Crippen LogP contribution in [0.15, 0.2) is 47.0 Å². The summed E-state index contributed by atoms with van der Waals surface area (Å²) in [5.74, 6) is 0.263. The molecule has 0 aliphatic heterocycles. The van der Waals surface area contributed by atoms with Gasteiger partial charge < -0.3 is 11.5 Å². The van der Waals surface area contributed by atoms with Crippen molar-refractivity contribution in [3.8, 4) is 0 Å². The molecule has 0 amide bonds. The highest BCUT2D eigenvalue weighted by atomic mass is 35.5. The SMILES string of the molecule is Cc1ccnc2c1/C(=N/N=C(N)N)CC(c1ccncc1)C2.Cl.Cl. The minimum Gasteiger partial charge on any atom is -0.369 e. The molecular formula is C16H20Cl2N6. The number of pyridine rings is 2. The van der Waals surface area contributed by atoms with Crippen molar-refractivity contribution in [2.45, 2.75) is 25.7 Å². The molecule has 8 heteroatoms. The van der Waals surface area contributed by atoms with Crippen LogP contribution in [-0.2, 0) is 6.42 Å². The van der Waals surface area contributed by atoms with Crippen LogP contribution in [0.3, 0.4) is 0 Å². The van der Waals surface area contributed by atoms with E-state index >= 15 is 0 Å². The molecule has 0 saturated heterocycles. The maximum atomic E-state index is 5.41. The standard InChI is InChI=1S/C16H18N6.2ClH/c1-10-2-7-20-13-8-12(11-3-5-19-6-4-11)9-14(15(10)13)21-22-16(17)18;;/h2-7,12H,8-9H2,1H3,(H4,17,18,22);2*1H/b21-14+;;. The average molecular weight is 367 g/mol. The van der Waals surface area contributed by atoms with Crippen LogP contribution < -0.4 is 11.5 Å². The fourth-order valence-corrected chi connectivity index (χ4v) is 2.88. The van der Waals surface area contributed by atoms with Gasteiger partial charge in [-0.05, 0) is 55.0 Å². The molecule has 0 spiro atoms. The van der Waals surface area contributed by atoms with E-state index in [1.807, 2.05) is 24.4 Å². The lowest BCUT2D eigenvalue weighted by molar-refractivity contribution is 0.676. The molecule has 2 aromatic rings. The van der Waals surface area contributed by atoms with Gasteiger partial charge in [0.2, 0.25) is 5.96 Å². The first kappa shape index (κ1) is 19.9. The van der Waals surface area contributed by atoms with Gasteiger partial charge in [0, 0.05) is 24.2 Å². The number of nitrogens with zero attached hydrogens (tertiary/aromatic N) is 4. The summed E-state index contributed by atoms with van der Waals surface area (Å²) < 4.78 is 0. The summed E-state index contributed by atoms with van der Waals surface area (Å²) >= 11 is 0. The second-order valence-electron chi connectivity index (χ2n) is 5.41. The van der Waals surface area contributed by atoms with Gasteiger partial charge in [-0.1, -0.05) is 0 Å². The molecule has 128 valence electrons. The van der Waals surface area contributed by atoms with Gasteiger partial charge >= 0.3 is 0 Å². The Balaban J connectivity index is 0.00000144. The highest BCUT2D eigenvalue weighted by molar-refractivity contribution is 6.04. The molecule has 24 heavy (non-hydrogen) atoms. The predicted molar refractivity (Wildman–Crippen MR) is 101 cm³/mol. The van der Waals surface area contributed by atoms with Crippen molar-refractivity contribution in [3.63, 3.8) is 0 Å². The molecule has 6 nitrogen and oxygen atoms in total. The first-order chi connectivity index (χ1) is 10.6. The van der Waals surface area contributed by atoms with Crippen molar-refractivity contribution in [1.29, 1.82) is 0 Å². The summed E-state index contributed by atoms with van der Waals surface area (Å²) in [5.41, 5.74) is 16.2. The Hall–Kier alpha value is -2.18. The van der Waals surface area contributed by atoms with E-state index in [0.29, 0.717) is 5.92 Å². The molecule has 0 fully saturated rings. The van der Waals surface area contributed by atoms with Crippen molar-refractivity contribution < 1.29 is 0 Å². The topological polar surface area (TPSA) is 103 Å². The third-order valence-corrected chi connectivity index (χ3v) is 3.87. The van der Waals surface area contributed by atoms with Crippen molar-refractivity contribution in [3.05, 3.63) is 59.2 Å². The molecule has 0 radical (unpaired) electrons. The molecular weight excluding hydrogens is 347 g/mol. The van der Waals surface area contributed by atoms with E-state index in [9.17, 15) is 0 Å². The Morgan fingerprint density at radius 1 is 1.08 bits per heavy atom. The zero-order valence-electron chi connectivity index (χ0n) is 13.2. The second kappa shape index (κ2) is 8.61. The number of hydrogen-bond acceptors (Lipinski definition) is 4. The smallest absolute Gasteiger partial charge is 0.211 e. The summed E-state index contributed by atoms with van der Waals surface area (Å²) in [4.78, 5) is 8.60. The second-order valence-corrected chi connectivity index (χ2v) is 5.41. The van der Waals surface area contributed by atoms with Crippen LogP contribution >= 0.6 is 24.8 Å². The number of rotatable bonds is 2. The fraction of sp³-hybridized carbons (Fsp3) is 0.250. The van der Waals surface area contributed by atoms with Crippen molar-refractivity contribution >= 4 is 36.5 Å². The molecule has 0 bridgehead atoms. The molecule has 2 heterocycles. The zero-order chi connectivity index (χ0) is 15.5. The Kier molecular flexibility index (Phi) is 7.13. The largest absolute Gasteiger partial charge is 0.369 e. The van der Waals surface area contributed by atoms with E-state index in [0.717, 1.165) is 35.4 Å². The average Bonchev–Trinajstić information content (AvgIpc) is 2.53. The minimum absolute atomic E-state index is 0. The van der Waals surface area contributed by atoms with Gasteiger partial charge in [0.05, 0.1) is 11.4 Å². The molecule has 1 aliphatic carbocycles. The van der Waals surface area contributed by atoms with E-state index in [-0.39, 0.29) is 30.8 Å². The van der Waals surface area contributed by atoms with Crippen molar-refractivity contribution in [2.75, 3.05) is 0 Å². The van der Waals surface area contributed by atoms with Gasteiger partial charge in [-0.2, -0.15) is 5.10 Å². The lowest BCUT2D eigenvalue weighted by Gasteiger charge is -2.26. The number of guanidine groups is 1. The third kappa shape index (κ3) is 4.21. The van der Waals surface area contributed by atoms with E-state index in [4.69, 9.17) is 11.5 Å². The van der Waals surface area contributed by atoms with E-state index in [2.05, 4.69) is 27.1 Å². The highest BCUT2D eigenvalue weighted by Crippen LogP contribution is 2.33. The van der Waals surface area contributed by atoms with E-state index < -0.39 is 0 Å². The number of nitrogens with two attached hydrogens (primary N) is 2. The normalized spacial score (nSPS) is 17.2. The Morgan fingerprint density at radius 2 is 1.79 bits per heavy atom. The first-order valence-corrected chi connectivity index (χ1v) is 7.15. The van der Waals surface area contributed by atoms with Crippen LogP contribution in [-0.4, -0.2) is 21.6 Å². The van der Waals surface area contributed by atoms with E-state index in [1.54, 1.807) is 12.4 Å². The number of halogens is 2. The number of aryl methyl sites for hydroxylation is 1. The highest BCUT2D eigenvalue weighted by Gasteiger charge is 2.27. The summed E-state index contributed by atoms with van der Waals surface area (Å²) in [6, 6.07) is 6.05. The summed E-state index contributed by atoms with van der Waals surface area (Å²) in [7, 11) is 0. The molecule has 0 saturated carbocycles. The van der Waals surface area contributed by atoms with Gasteiger partial charge in [0.25, 0.3) is 0 Å². The number of hydrogen-bond donors (Lipinski definition) is 2. The third-order valence-electron chi connectivity index (χ3n) is 3.87. The lowest BCUT2D eigenvalue weighted by Crippen LogP contribution is -2.24. The fourth-order valence-electron chi connectivity index (χ4n) is 2.88. The Morgan fingerprint density at radius 3 is 2.46 bits per heavy atom. The monoisotopic (exact) mass is 366 g/mol. The van der Waals surface area contributed by atoms with Crippen LogP contribution in [0.2, 0.25) is 0 Å². The summed E-state index contributed by atoms with van der Waals surface area (Å²) in [5, 5.41) is 8.10.